The van der Waals surface area contributed by atoms with Crippen molar-refractivity contribution in [3.05, 3.63) is 23.3 Å². The molecule has 0 aliphatic rings. The fraction of sp³-hybridized carbons (Fsp3) is 0.462. The molecule has 1 rings (SSSR count). The molecule has 1 amide bonds. The predicted octanol–water partition coefficient (Wildman–Crippen LogP) is 1.87. The minimum atomic E-state index is -0.120. The Morgan fingerprint density at radius 3 is 2.59 bits per heavy atom. The van der Waals surface area contributed by atoms with Crippen molar-refractivity contribution in [2.45, 2.75) is 33.1 Å². The fourth-order valence-electron chi connectivity index (χ4n) is 1.65. The van der Waals surface area contributed by atoms with E-state index in [1.807, 2.05) is 13.8 Å². The van der Waals surface area contributed by atoms with Crippen molar-refractivity contribution >= 4 is 5.91 Å². The van der Waals surface area contributed by atoms with Crippen molar-refractivity contribution in [1.82, 2.24) is 5.32 Å². The summed E-state index contributed by atoms with van der Waals surface area (Å²) in [4.78, 5) is 11.2. The van der Waals surface area contributed by atoms with Gasteiger partial charge in [0.15, 0.2) is 11.5 Å². The SMILES string of the molecule is CCCC(=O)NCCc1cc(O)c(O)cc1C. The predicted molar refractivity (Wildman–Crippen MR) is 66.1 cm³/mol. The molecule has 0 aromatic heterocycles. The largest absolute Gasteiger partial charge is 0.504 e. The van der Waals surface area contributed by atoms with Gasteiger partial charge in [0.1, 0.15) is 0 Å². The molecule has 0 fully saturated rings. The van der Waals surface area contributed by atoms with Gasteiger partial charge in [0, 0.05) is 13.0 Å². The van der Waals surface area contributed by atoms with Crippen molar-refractivity contribution in [2.24, 2.45) is 0 Å². The number of phenols is 2. The second-order valence-electron chi connectivity index (χ2n) is 4.12. The highest BCUT2D eigenvalue weighted by Gasteiger charge is 2.06. The number of amides is 1. The number of aromatic hydroxyl groups is 2. The average Bonchev–Trinajstić information content (AvgIpc) is 2.26. The summed E-state index contributed by atoms with van der Waals surface area (Å²) in [5.41, 5.74) is 1.84. The van der Waals surface area contributed by atoms with Gasteiger partial charge in [-0.05, 0) is 43.0 Å². The van der Waals surface area contributed by atoms with Gasteiger partial charge in [0.05, 0.1) is 0 Å². The van der Waals surface area contributed by atoms with E-state index >= 15 is 0 Å². The van der Waals surface area contributed by atoms with Gasteiger partial charge < -0.3 is 15.5 Å². The maximum Gasteiger partial charge on any atom is 0.219 e. The highest BCUT2D eigenvalue weighted by Crippen LogP contribution is 2.27. The molecule has 94 valence electrons. The molecule has 17 heavy (non-hydrogen) atoms. The summed E-state index contributed by atoms with van der Waals surface area (Å²) in [5, 5.41) is 21.5. The van der Waals surface area contributed by atoms with E-state index in [2.05, 4.69) is 5.32 Å². The molecule has 0 heterocycles. The molecule has 0 aliphatic heterocycles. The normalized spacial score (nSPS) is 10.2. The number of rotatable bonds is 5. The van der Waals surface area contributed by atoms with Gasteiger partial charge in [-0.3, -0.25) is 4.79 Å². The van der Waals surface area contributed by atoms with Crippen LogP contribution in [0.1, 0.15) is 30.9 Å². The van der Waals surface area contributed by atoms with Crippen LogP contribution < -0.4 is 5.32 Å². The molecule has 0 aliphatic carbocycles. The second kappa shape index (κ2) is 6.13. The first-order valence-corrected chi connectivity index (χ1v) is 5.82. The van der Waals surface area contributed by atoms with Gasteiger partial charge in [-0.2, -0.15) is 0 Å². The van der Waals surface area contributed by atoms with Crippen molar-refractivity contribution in [1.29, 1.82) is 0 Å². The first-order chi connectivity index (χ1) is 8.04. The first kappa shape index (κ1) is 13.4. The van der Waals surface area contributed by atoms with Crippen molar-refractivity contribution in [3.63, 3.8) is 0 Å². The van der Waals surface area contributed by atoms with Gasteiger partial charge in [-0.25, -0.2) is 0 Å². The highest BCUT2D eigenvalue weighted by molar-refractivity contribution is 5.75. The lowest BCUT2D eigenvalue weighted by Gasteiger charge is -2.09. The highest BCUT2D eigenvalue weighted by atomic mass is 16.3. The Balaban J connectivity index is 2.52. The molecule has 4 heteroatoms. The molecule has 3 N–H and O–H groups in total. The average molecular weight is 237 g/mol. The number of hydrogen-bond donors (Lipinski definition) is 3. The third-order valence-corrected chi connectivity index (χ3v) is 2.63. The quantitative estimate of drug-likeness (QED) is 0.685. The van der Waals surface area contributed by atoms with Crippen LogP contribution in [-0.4, -0.2) is 22.7 Å². The van der Waals surface area contributed by atoms with E-state index in [-0.39, 0.29) is 17.4 Å². The van der Waals surface area contributed by atoms with Crippen molar-refractivity contribution < 1.29 is 15.0 Å². The van der Waals surface area contributed by atoms with Crippen LogP contribution in [0.4, 0.5) is 0 Å². The van der Waals surface area contributed by atoms with Crippen LogP contribution in [-0.2, 0) is 11.2 Å². The lowest BCUT2D eigenvalue weighted by molar-refractivity contribution is -0.121. The summed E-state index contributed by atoms with van der Waals surface area (Å²) < 4.78 is 0. The fourth-order valence-corrected chi connectivity index (χ4v) is 1.65. The van der Waals surface area contributed by atoms with Crippen LogP contribution in [0.5, 0.6) is 11.5 Å². The maximum absolute atomic E-state index is 11.2. The molecule has 0 bridgehead atoms. The number of carbonyl (C=O) groups excluding carboxylic acids is 1. The van der Waals surface area contributed by atoms with Gasteiger partial charge in [0.2, 0.25) is 5.91 Å². The van der Waals surface area contributed by atoms with Crippen molar-refractivity contribution in [3.8, 4) is 11.5 Å². The third-order valence-electron chi connectivity index (χ3n) is 2.63. The minimum absolute atomic E-state index is 0.0492. The van der Waals surface area contributed by atoms with Crippen LogP contribution in [0.15, 0.2) is 12.1 Å². The molecule has 1 aromatic carbocycles. The summed E-state index contributed by atoms with van der Waals surface area (Å²) >= 11 is 0. The third kappa shape index (κ3) is 3.98. The summed E-state index contributed by atoms with van der Waals surface area (Å²) in [5.74, 6) is -0.181. The molecule has 1 aromatic rings. The molecular weight excluding hydrogens is 218 g/mol. The van der Waals surface area contributed by atoms with E-state index in [1.54, 1.807) is 0 Å². The molecule has 0 spiro atoms. The number of nitrogens with one attached hydrogen (secondary N) is 1. The Labute approximate surface area is 101 Å². The first-order valence-electron chi connectivity index (χ1n) is 5.82. The van der Waals surface area contributed by atoms with Crippen molar-refractivity contribution in [2.75, 3.05) is 6.54 Å². The monoisotopic (exact) mass is 237 g/mol. The number of carbonyl (C=O) groups is 1. The number of phenolic OH excluding ortho intramolecular Hbond substituents is 2. The topological polar surface area (TPSA) is 69.6 Å². The molecule has 0 saturated heterocycles. The second-order valence-corrected chi connectivity index (χ2v) is 4.12. The Kier molecular flexibility index (Phi) is 4.82. The lowest BCUT2D eigenvalue weighted by Crippen LogP contribution is -2.25. The van der Waals surface area contributed by atoms with E-state index in [9.17, 15) is 15.0 Å². The Hall–Kier alpha value is -1.71. The summed E-state index contributed by atoms with van der Waals surface area (Å²) in [6.07, 6.45) is 2.03. The van der Waals surface area contributed by atoms with Gasteiger partial charge in [-0.1, -0.05) is 6.92 Å². The van der Waals surface area contributed by atoms with E-state index in [4.69, 9.17) is 0 Å². The smallest absolute Gasteiger partial charge is 0.219 e. The molecule has 4 nitrogen and oxygen atoms in total. The van der Waals surface area contributed by atoms with Gasteiger partial charge in [0.25, 0.3) is 0 Å². The van der Waals surface area contributed by atoms with E-state index in [1.165, 1.54) is 12.1 Å². The molecular formula is C13H19NO3. The zero-order chi connectivity index (χ0) is 12.8. The van der Waals surface area contributed by atoms with Crippen LogP contribution >= 0.6 is 0 Å². The molecule has 0 saturated carbocycles. The summed E-state index contributed by atoms with van der Waals surface area (Å²) in [7, 11) is 0. The lowest BCUT2D eigenvalue weighted by atomic mass is 10.0. The summed E-state index contributed by atoms with van der Waals surface area (Å²) in [6, 6.07) is 3.06. The Morgan fingerprint density at radius 2 is 1.94 bits per heavy atom. The van der Waals surface area contributed by atoms with Crippen LogP contribution in [0.3, 0.4) is 0 Å². The zero-order valence-corrected chi connectivity index (χ0v) is 10.3. The maximum atomic E-state index is 11.2. The Morgan fingerprint density at radius 1 is 1.29 bits per heavy atom. The van der Waals surface area contributed by atoms with Crippen LogP contribution in [0.25, 0.3) is 0 Å². The summed E-state index contributed by atoms with van der Waals surface area (Å²) in [6.45, 7) is 4.37. The number of benzene rings is 1. The zero-order valence-electron chi connectivity index (χ0n) is 10.3. The number of aryl methyl sites for hydroxylation is 1. The Bertz CT molecular complexity index is 402. The number of hydrogen-bond acceptors (Lipinski definition) is 3. The molecule has 0 atom stereocenters. The van der Waals surface area contributed by atoms with E-state index in [0.717, 1.165) is 17.5 Å². The van der Waals surface area contributed by atoms with E-state index < -0.39 is 0 Å². The standard InChI is InChI=1S/C13H19NO3/c1-3-4-13(17)14-6-5-10-8-12(16)11(15)7-9(10)2/h7-8,15-16H,3-6H2,1-2H3,(H,14,17). The molecule has 0 radical (unpaired) electrons. The van der Waals surface area contributed by atoms with E-state index in [0.29, 0.717) is 19.4 Å². The van der Waals surface area contributed by atoms with Gasteiger partial charge in [-0.15, -0.1) is 0 Å². The molecule has 0 unspecified atom stereocenters. The minimum Gasteiger partial charge on any atom is -0.504 e. The van der Waals surface area contributed by atoms with Gasteiger partial charge >= 0.3 is 0 Å². The van der Waals surface area contributed by atoms with Crippen LogP contribution in [0.2, 0.25) is 0 Å². The van der Waals surface area contributed by atoms with Crippen LogP contribution in [0, 0.1) is 6.92 Å².